The summed E-state index contributed by atoms with van der Waals surface area (Å²) in [5.41, 5.74) is 0. The SMILES string of the molecule is CC(C[N+](C)(C)C)C(=O)O.[Cl-]. The van der Waals surface area contributed by atoms with Crippen molar-refractivity contribution >= 4 is 5.97 Å². The Labute approximate surface area is 74.0 Å². The van der Waals surface area contributed by atoms with Crippen LogP contribution < -0.4 is 12.4 Å². The molecule has 3 nitrogen and oxygen atoms in total. The normalized spacial score (nSPS) is 13.5. The van der Waals surface area contributed by atoms with Gasteiger partial charge in [0, 0.05) is 0 Å². The number of hydrogen-bond donors (Lipinski definition) is 1. The Hall–Kier alpha value is -0.280. The predicted molar refractivity (Wildman–Crippen MR) is 39.7 cm³/mol. The second-order valence-electron chi connectivity index (χ2n) is 3.71. The minimum absolute atomic E-state index is 0. The van der Waals surface area contributed by atoms with Crippen molar-refractivity contribution in [1.82, 2.24) is 0 Å². The standard InChI is InChI=1S/C7H15NO2.ClH/c1-6(7(9)10)5-8(2,3)4;/h6H,5H2,1-4H3;1H. The molecule has 11 heavy (non-hydrogen) atoms. The van der Waals surface area contributed by atoms with E-state index in [9.17, 15) is 4.79 Å². The number of halogens is 1. The summed E-state index contributed by atoms with van der Waals surface area (Å²) in [4.78, 5) is 10.4. The first-order valence-corrected chi connectivity index (χ1v) is 3.36. The molecule has 0 aromatic carbocycles. The van der Waals surface area contributed by atoms with Gasteiger partial charge in [0.05, 0.1) is 27.7 Å². The highest BCUT2D eigenvalue weighted by atomic mass is 35.5. The molecule has 0 heterocycles. The number of rotatable bonds is 3. The molecule has 0 radical (unpaired) electrons. The highest BCUT2D eigenvalue weighted by Gasteiger charge is 2.19. The molecule has 0 saturated carbocycles. The average molecular weight is 182 g/mol. The third-order valence-electron chi connectivity index (χ3n) is 1.24. The largest absolute Gasteiger partial charge is 1.00 e. The van der Waals surface area contributed by atoms with E-state index in [4.69, 9.17) is 5.11 Å². The second-order valence-corrected chi connectivity index (χ2v) is 3.71. The molecule has 0 aliphatic heterocycles. The minimum Gasteiger partial charge on any atom is -1.00 e. The summed E-state index contributed by atoms with van der Waals surface area (Å²) in [7, 11) is 5.96. The van der Waals surface area contributed by atoms with Crippen LogP contribution in [0.25, 0.3) is 0 Å². The van der Waals surface area contributed by atoms with Crippen LogP contribution in [0.3, 0.4) is 0 Å². The van der Waals surface area contributed by atoms with Crippen molar-refractivity contribution in [3.05, 3.63) is 0 Å². The van der Waals surface area contributed by atoms with Crippen LogP contribution in [-0.4, -0.2) is 43.2 Å². The van der Waals surface area contributed by atoms with Crippen LogP contribution in [0.2, 0.25) is 0 Å². The first-order chi connectivity index (χ1) is 4.33. The lowest BCUT2D eigenvalue weighted by Gasteiger charge is -2.25. The van der Waals surface area contributed by atoms with Gasteiger partial charge in [-0.1, -0.05) is 0 Å². The number of carbonyl (C=O) groups is 1. The molecule has 0 aliphatic rings. The Morgan fingerprint density at radius 3 is 1.91 bits per heavy atom. The number of aliphatic carboxylic acids is 1. The quantitative estimate of drug-likeness (QED) is 0.486. The van der Waals surface area contributed by atoms with E-state index in [0.717, 1.165) is 0 Å². The maximum atomic E-state index is 10.4. The Balaban J connectivity index is 0. The summed E-state index contributed by atoms with van der Waals surface area (Å²) in [6, 6.07) is 0. The van der Waals surface area contributed by atoms with Gasteiger partial charge in [-0.15, -0.1) is 0 Å². The molecule has 0 aromatic rings. The average Bonchev–Trinajstić information content (AvgIpc) is 1.60. The lowest BCUT2D eigenvalue weighted by molar-refractivity contribution is -0.872. The van der Waals surface area contributed by atoms with Gasteiger partial charge in [0.25, 0.3) is 0 Å². The van der Waals surface area contributed by atoms with Crippen LogP contribution >= 0.6 is 0 Å². The molecule has 4 heteroatoms. The van der Waals surface area contributed by atoms with E-state index in [1.165, 1.54) is 0 Å². The Bertz CT molecular complexity index is 131. The first-order valence-electron chi connectivity index (χ1n) is 3.36. The molecular formula is C7H16ClNO2. The van der Waals surface area contributed by atoms with Gasteiger partial charge in [-0.25, -0.2) is 0 Å². The zero-order valence-electron chi connectivity index (χ0n) is 7.47. The van der Waals surface area contributed by atoms with Crippen molar-refractivity contribution in [1.29, 1.82) is 0 Å². The monoisotopic (exact) mass is 181 g/mol. The molecule has 0 aromatic heterocycles. The van der Waals surface area contributed by atoms with E-state index in [-0.39, 0.29) is 18.3 Å². The zero-order chi connectivity index (χ0) is 8.36. The molecular weight excluding hydrogens is 166 g/mol. The third-order valence-corrected chi connectivity index (χ3v) is 1.24. The van der Waals surface area contributed by atoms with E-state index in [1.807, 2.05) is 21.1 Å². The van der Waals surface area contributed by atoms with Crippen LogP contribution in [0.4, 0.5) is 0 Å². The number of carboxylic acids is 1. The smallest absolute Gasteiger partial charge is 0.311 e. The number of carboxylic acid groups (broad SMARTS) is 1. The zero-order valence-corrected chi connectivity index (χ0v) is 8.22. The molecule has 0 rings (SSSR count). The summed E-state index contributed by atoms with van der Waals surface area (Å²) in [6.07, 6.45) is 0. The van der Waals surface area contributed by atoms with Gasteiger partial charge in [-0.05, 0) is 6.92 Å². The van der Waals surface area contributed by atoms with Crippen molar-refractivity contribution in [2.45, 2.75) is 6.92 Å². The minimum atomic E-state index is -0.715. The van der Waals surface area contributed by atoms with Crippen LogP contribution in [0.5, 0.6) is 0 Å². The van der Waals surface area contributed by atoms with E-state index < -0.39 is 5.97 Å². The number of quaternary nitrogens is 1. The summed E-state index contributed by atoms with van der Waals surface area (Å²) >= 11 is 0. The fraction of sp³-hybridized carbons (Fsp3) is 0.857. The first kappa shape index (κ1) is 13.3. The van der Waals surface area contributed by atoms with Crippen molar-refractivity contribution < 1.29 is 26.8 Å². The highest BCUT2D eigenvalue weighted by Crippen LogP contribution is 2.01. The predicted octanol–water partition coefficient (Wildman–Crippen LogP) is -2.58. The fourth-order valence-electron chi connectivity index (χ4n) is 0.900. The Kier molecular flexibility index (Phi) is 5.53. The van der Waals surface area contributed by atoms with E-state index >= 15 is 0 Å². The summed E-state index contributed by atoms with van der Waals surface area (Å²) < 4.78 is 0.702. The fourth-order valence-corrected chi connectivity index (χ4v) is 0.900. The van der Waals surface area contributed by atoms with Gasteiger partial charge < -0.3 is 22.0 Å². The van der Waals surface area contributed by atoms with Gasteiger partial charge in [-0.3, -0.25) is 4.79 Å². The maximum Gasteiger partial charge on any atom is 0.311 e. The van der Waals surface area contributed by atoms with Gasteiger partial charge in [0.15, 0.2) is 0 Å². The van der Waals surface area contributed by atoms with Crippen LogP contribution in [0.15, 0.2) is 0 Å². The van der Waals surface area contributed by atoms with E-state index in [2.05, 4.69) is 0 Å². The number of nitrogens with zero attached hydrogens (tertiary/aromatic N) is 1. The van der Waals surface area contributed by atoms with Crippen molar-refractivity contribution in [3.8, 4) is 0 Å². The van der Waals surface area contributed by atoms with Crippen molar-refractivity contribution in [2.75, 3.05) is 27.7 Å². The summed E-state index contributed by atoms with van der Waals surface area (Å²) in [5.74, 6) is -0.965. The molecule has 0 aliphatic carbocycles. The Morgan fingerprint density at radius 2 is 1.82 bits per heavy atom. The van der Waals surface area contributed by atoms with Crippen LogP contribution in [-0.2, 0) is 4.79 Å². The molecule has 1 unspecified atom stereocenters. The maximum absolute atomic E-state index is 10.4. The van der Waals surface area contributed by atoms with Crippen LogP contribution in [0, 0.1) is 5.92 Å². The van der Waals surface area contributed by atoms with Gasteiger partial charge >= 0.3 is 5.97 Å². The lowest BCUT2D eigenvalue weighted by Crippen LogP contribution is -3.00. The molecule has 0 bridgehead atoms. The van der Waals surface area contributed by atoms with Gasteiger partial charge in [0.1, 0.15) is 5.92 Å². The highest BCUT2D eigenvalue weighted by molar-refractivity contribution is 5.69. The van der Waals surface area contributed by atoms with Crippen molar-refractivity contribution in [2.24, 2.45) is 5.92 Å². The molecule has 0 saturated heterocycles. The van der Waals surface area contributed by atoms with E-state index in [0.29, 0.717) is 11.0 Å². The summed E-state index contributed by atoms with van der Waals surface area (Å²) in [5, 5.41) is 8.54. The topological polar surface area (TPSA) is 37.3 Å². The molecule has 1 atom stereocenters. The van der Waals surface area contributed by atoms with E-state index in [1.54, 1.807) is 6.92 Å². The molecule has 0 fully saturated rings. The summed E-state index contributed by atoms with van der Waals surface area (Å²) in [6.45, 7) is 2.40. The van der Waals surface area contributed by atoms with Gasteiger partial charge in [0.2, 0.25) is 0 Å². The second kappa shape index (κ2) is 4.57. The third kappa shape index (κ3) is 7.62. The molecule has 1 N–H and O–H groups in total. The molecule has 68 valence electrons. The molecule has 0 spiro atoms. The molecule has 0 amide bonds. The van der Waals surface area contributed by atoms with Crippen molar-refractivity contribution in [3.63, 3.8) is 0 Å². The Morgan fingerprint density at radius 1 is 1.45 bits per heavy atom. The number of hydrogen-bond acceptors (Lipinski definition) is 1. The van der Waals surface area contributed by atoms with Gasteiger partial charge in [-0.2, -0.15) is 0 Å². The van der Waals surface area contributed by atoms with Crippen LogP contribution in [0.1, 0.15) is 6.92 Å². The lowest BCUT2D eigenvalue weighted by atomic mass is 10.1.